The maximum Gasteiger partial charge on any atom is 0.336 e. The van der Waals surface area contributed by atoms with Crippen LogP contribution in [0, 0.1) is 52.3 Å². The van der Waals surface area contributed by atoms with Gasteiger partial charge < -0.3 is 9.84 Å². The second-order valence-corrected chi connectivity index (χ2v) is 13.4. The van der Waals surface area contributed by atoms with E-state index in [0.29, 0.717) is 23.2 Å². The van der Waals surface area contributed by atoms with Crippen molar-refractivity contribution >= 4 is 5.97 Å². The molecule has 4 rings (SSSR count). The molecule has 0 spiro atoms. The number of rotatable bonds is 7. The van der Waals surface area contributed by atoms with Crippen LogP contribution in [0.4, 0.5) is 0 Å². The summed E-state index contributed by atoms with van der Waals surface area (Å²) in [6.07, 6.45) is 17.0. The van der Waals surface area contributed by atoms with Gasteiger partial charge >= 0.3 is 5.97 Å². The van der Waals surface area contributed by atoms with Crippen molar-refractivity contribution in [1.29, 1.82) is 0 Å². The fourth-order valence-corrected chi connectivity index (χ4v) is 8.64. The molecule has 0 aliphatic heterocycles. The minimum Gasteiger partial charge on any atom is -0.459 e. The van der Waals surface area contributed by atoms with E-state index >= 15 is 0 Å². The lowest BCUT2D eigenvalue weighted by molar-refractivity contribution is -0.147. The highest BCUT2D eigenvalue weighted by Crippen LogP contribution is 2.67. The van der Waals surface area contributed by atoms with Crippen molar-refractivity contribution in [3.63, 3.8) is 0 Å². The molecule has 3 nitrogen and oxygen atoms in total. The van der Waals surface area contributed by atoms with E-state index < -0.39 is 5.97 Å². The highest BCUT2D eigenvalue weighted by molar-refractivity contribution is 5.88. The van der Waals surface area contributed by atoms with Crippen LogP contribution in [-0.4, -0.2) is 23.8 Å². The Morgan fingerprint density at radius 3 is 2.54 bits per heavy atom. The van der Waals surface area contributed by atoms with Gasteiger partial charge in [-0.05, 0) is 97.2 Å². The molecule has 3 saturated carbocycles. The molecule has 0 saturated heterocycles. The summed E-state index contributed by atoms with van der Waals surface area (Å²) in [5.74, 6) is 4.77. The van der Waals surface area contributed by atoms with E-state index in [-0.39, 0.29) is 23.7 Å². The van der Waals surface area contributed by atoms with E-state index in [1.165, 1.54) is 37.7 Å². The first kappa shape index (κ1) is 26.7. The summed E-state index contributed by atoms with van der Waals surface area (Å²) in [6.45, 7) is 17.9. The number of esters is 1. The molecule has 0 aromatic heterocycles. The van der Waals surface area contributed by atoms with Crippen molar-refractivity contribution in [1.82, 2.24) is 0 Å². The van der Waals surface area contributed by atoms with Gasteiger partial charge in [0.1, 0.15) is 6.10 Å². The molecule has 3 fully saturated rings. The van der Waals surface area contributed by atoms with Gasteiger partial charge in [0.25, 0.3) is 0 Å². The highest BCUT2D eigenvalue weighted by Gasteiger charge is 2.59. The number of allylic oxidation sites excluding steroid dienone is 3. The Morgan fingerprint density at radius 1 is 1.11 bits per heavy atom. The fraction of sp³-hybridized carbons (Fsp3) is 0.781. The minimum absolute atomic E-state index is 0.0766. The van der Waals surface area contributed by atoms with E-state index in [9.17, 15) is 9.90 Å². The van der Waals surface area contributed by atoms with E-state index in [1.54, 1.807) is 0 Å². The summed E-state index contributed by atoms with van der Waals surface area (Å²) in [5, 5.41) is 9.20. The molecule has 0 radical (unpaired) electrons. The van der Waals surface area contributed by atoms with Crippen LogP contribution < -0.4 is 0 Å². The van der Waals surface area contributed by atoms with Crippen LogP contribution in [0.15, 0.2) is 36.0 Å². The van der Waals surface area contributed by atoms with Gasteiger partial charge in [-0.3, -0.25) is 0 Å². The number of hydrogen-bond donors (Lipinski definition) is 1. The molecule has 35 heavy (non-hydrogen) atoms. The van der Waals surface area contributed by atoms with Gasteiger partial charge in [0, 0.05) is 6.42 Å². The molecule has 4 aliphatic rings. The molecule has 3 heteroatoms. The van der Waals surface area contributed by atoms with Crippen LogP contribution >= 0.6 is 0 Å². The topological polar surface area (TPSA) is 46.5 Å². The quantitative estimate of drug-likeness (QED) is 0.232. The maximum atomic E-state index is 12.2. The summed E-state index contributed by atoms with van der Waals surface area (Å²) in [5.41, 5.74) is 2.39. The van der Waals surface area contributed by atoms with Crippen LogP contribution in [0.1, 0.15) is 92.9 Å². The Labute approximate surface area is 214 Å². The SMILES string of the molecule is C=C(CO)C(=O)O[C@H]1CC[C@@]2(C)C(=CC[C@@H]3[C@@H]2CC[C@]2(C)C([C@H](C)/C=C/[C@H](C)C(C)C)CC[C@@H]32)C1. The zero-order valence-electron chi connectivity index (χ0n) is 23.2. The number of carbonyl (C=O) groups excluding carboxylic acids is 1. The largest absolute Gasteiger partial charge is 0.459 e. The zero-order valence-corrected chi connectivity index (χ0v) is 23.2. The average molecular weight is 483 g/mol. The van der Waals surface area contributed by atoms with Gasteiger partial charge in [0.2, 0.25) is 0 Å². The highest BCUT2D eigenvalue weighted by atomic mass is 16.5. The Kier molecular flexibility index (Phi) is 7.78. The lowest BCUT2D eigenvalue weighted by atomic mass is 9.47. The van der Waals surface area contributed by atoms with Crippen molar-refractivity contribution in [3.8, 4) is 0 Å². The van der Waals surface area contributed by atoms with Crippen LogP contribution in [-0.2, 0) is 9.53 Å². The number of aliphatic hydroxyl groups excluding tert-OH is 1. The predicted octanol–water partition coefficient (Wildman–Crippen LogP) is 7.51. The zero-order chi connectivity index (χ0) is 25.5. The van der Waals surface area contributed by atoms with Gasteiger partial charge in [-0.1, -0.05) is 71.9 Å². The fourth-order valence-electron chi connectivity index (χ4n) is 8.64. The molecule has 196 valence electrons. The molecule has 0 amide bonds. The molecule has 0 bridgehead atoms. The van der Waals surface area contributed by atoms with Crippen molar-refractivity contribution in [2.75, 3.05) is 6.61 Å². The molecular formula is C32H50O3. The molecule has 1 unspecified atom stereocenters. The lowest BCUT2D eigenvalue weighted by Gasteiger charge is -2.58. The second kappa shape index (κ2) is 10.2. The molecule has 0 heterocycles. The van der Waals surface area contributed by atoms with E-state index in [4.69, 9.17) is 4.74 Å². The van der Waals surface area contributed by atoms with Crippen molar-refractivity contribution in [2.24, 2.45) is 52.3 Å². The van der Waals surface area contributed by atoms with Crippen LogP contribution in [0.5, 0.6) is 0 Å². The minimum atomic E-state index is -0.438. The summed E-state index contributed by atoms with van der Waals surface area (Å²) in [7, 11) is 0. The Bertz CT molecular complexity index is 868. The van der Waals surface area contributed by atoms with Gasteiger partial charge in [0.15, 0.2) is 0 Å². The number of carbonyl (C=O) groups is 1. The van der Waals surface area contributed by atoms with E-state index in [0.717, 1.165) is 42.9 Å². The Hall–Kier alpha value is -1.35. The molecule has 0 aromatic carbocycles. The predicted molar refractivity (Wildman–Crippen MR) is 144 cm³/mol. The summed E-state index contributed by atoms with van der Waals surface area (Å²) < 4.78 is 5.71. The van der Waals surface area contributed by atoms with Crippen LogP contribution in [0.3, 0.4) is 0 Å². The number of aliphatic hydroxyl groups is 1. The van der Waals surface area contributed by atoms with Gasteiger partial charge in [0.05, 0.1) is 12.2 Å². The molecule has 0 aromatic rings. The smallest absolute Gasteiger partial charge is 0.336 e. The monoisotopic (exact) mass is 482 g/mol. The van der Waals surface area contributed by atoms with Gasteiger partial charge in [-0.25, -0.2) is 4.79 Å². The summed E-state index contributed by atoms with van der Waals surface area (Å²) in [6, 6.07) is 0. The summed E-state index contributed by atoms with van der Waals surface area (Å²) >= 11 is 0. The first-order valence-corrected chi connectivity index (χ1v) is 14.4. The van der Waals surface area contributed by atoms with Crippen molar-refractivity contribution in [2.45, 2.75) is 99.0 Å². The van der Waals surface area contributed by atoms with Crippen LogP contribution in [0.2, 0.25) is 0 Å². The average Bonchev–Trinajstić information content (AvgIpc) is 3.19. The molecule has 4 aliphatic carbocycles. The third kappa shape index (κ3) is 4.83. The molecular weight excluding hydrogens is 432 g/mol. The van der Waals surface area contributed by atoms with E-state index in [1.807, 2.05) is 0 Å². The first-order valence-electron chi connectivity index (χ1n) is 14.4. The number of fused-ring (bicyclic) bond motifs is 5. The third-order valence-corrected chi connectivity index (χ3v) is 11.3. The van der Waals surface area contributed by atoms with Gasteiger partial charge in [-0.2, -0.15) is 0 Å². The van der Waals surface area contributed by atoms with E-state index in [2.05, 4.69) is 66.3 Å². The molecule has 1 N–H and O–H groups in total. The third-order valence-electron chi connectivity index (χ3n) is 11.3. The number of ether oxygens (including phenoxy) is 1. The van der Waals surface area contributed by atoms with Gasteiger partial charge in [-0.15, -0.1) is 0 Å². The standard InChI is InChI=1S/C32H50O3/c1-20(2)21(3)8-9-22(4)27-12-13-28-26-11-10-24-18-25(35-30(34)23(5)19-33)14-16-31(24,6)29(26)15-17-32(27,28)7/h8-10,20-22,25-29,33H,5,11-19H2,1-4,6-7H3/b9-8+/t21-,22+,25-,26-,27?,28-,29-,31-,32+/m0/s1. The molecule has 9 atom stereocenters. The van der Waals surface area contributed by atoms with Crippen molar-refractivity contribution in [3.05, 3.63) is 36.0 Å². The Morgan fingerprint density at radius 2 is 1.86 bits per heavy atom. The lowest BCUT2D eigenvalue weighted by Crippen LogP contribution is -2.51. The normalized spacial score (nSPS) is 40.5. The van der Waals surface area contributed by atoms with Crippen LogP contribution in [0.25, 0.3) is 0 Å². The summed E-state index contributed by atoms with van der Waals surface area (Å²) in [4.78, 5) is 12.2. The maximum absolute atomic E-state index is 12.2. The number of hydrogen-bond acceptors (Lipinski definition) is 3. The first-order chi connectivity index (χ1) is 16.5. The van der Waals surface area contributed by atoms with Crippen molar-refractivity contribution < 1.29 is 14.6 Å². The second-order valence-electron chi connectivity index (χ2n) is 13.4. The Balaban J connectivity index is 1.47.